The summed E-state index contributed by atoms with van der Waals surface area (Å²) in [6, 6.07) is 11.3. The minimum Gasteiger partial charge on any atom is -0.462 e. The molecule has 1 N–H and O–H groups in total. The number of nitriles is 1. The van der Waals surface area contributed by atoms with E-state index in [2.05, 4.69) is 5.32 Å². The number of sulfone groups is 1. The number of nitrogens with zero attached hydrogens (tertiary/aromatic N) is 1. The lowest BCUT2D eigenvalue weighted by atomic mass is 10.1. The van der Waals surface area contributed by atoms with Crippen LogP contribution in [0.2, 0.25) is 0 Å². The number of hydrogen-bond acceptors (Lipinski definition) is 7. The molecule has 0 aliphatic carbocycles. The average molecular weight is 428 g/mol. The van der Waals surface area contributed by atoms with E-state index in [1.165, 1.54) is 6.08 Å². The fourth-order valence-electron chi connectivity index (χ4n) is 3.03. The highest BCUT2D eigenvalue weighted by Gasteiger charge is 2.29. The van der Waals surface area contributed by atoms with Gasteiger partial charge in [0.05, 0.1) is 23.7 Å². The van der Waals surface area contributed by atoms with E-state index in [4.69, 9.17) is 9.15 Å². The molecule has 156 valence electrons. The van der Waals surface area contributed by atoms with Gasteiger partial charge in [-0.05, 0) is 37.6 Å². The number of carbonyl (C=O) groups excluding carboxylic acids is 2. The van der Waals surface area contributed by atoms with Crippen LogP contribution < -0.4 is 5.32 Å². The normalized spacial score (nSPS) is 17.9. The molecule has 3 rings (SSSR count). The van der Waals surface area contributed by atoms with Gasteiger partial charge in [-0.15, -0.1) is 0 Å². The third-order valence-corrected chi connectivity index (χ3v) is 6.29. The lowest BCUT2D eigenvalue weighted by Gasteiger charge is -2.09. The summed E-state index contributed by atoms with van der Waals surface area (Å²) in [6.45, 7) is 2.02. The smallest absolute Gasteiger partial charge is 0.338 e. The van der Waals surface area contributed by atoms with Crippen molar-refractivity contribution in [3.05, 3.63) is 53.3 Å². The van der Waals surface area contributed by atoms with Crippen molar-refractivity contribution in [1.29, 1.82) is 5.26 Å². The number of benzene rings is 1. The standard InChI is InChI=1S/C21H20N2O6S/c1-2-28-21(25)15-5-3-14(4-6-15)19-8-7-18(29-19)11-16(12-22)20(24)23-17-9-10-30(26,27)13-17/h3-8,11,17H,2,9-10,13H2,1H3,(H,23,24)/b16-11-/t17-/m0/s1. The second-order valence-corrected chi connectivity index (χ2v) is 8.97. The fourth-order valence-corrected chi connectivity index (χ4v) is 4.71. The van der Waals surface area contributed by atoms with Crippen LogP contribution in [-0.2, 0) is 19.4 Å². The molecule has 1 saturated heterocycles. The van der Waals surface area contributed by atoms with Crippen LogP contribution in [0.25, 0.3) is 17.4 Å². The maximum absolute atomic E-state index is 12.3. The molecule has 2 heterocycles. The van der Waals surface area contributed by atoms with Gasteiger partial charge in [-0.25, -0.2) is 13.2 Å². The Morgan fingerprint density at radius 3 is 2.60 bits per heavy atom. The van der Waals surface area contributed by atoms with Gasteiger partial charge >= 0.3 is 5.97 Å². The van der Waals surface area contributed by atoms with Crippen LogP contribution in [0, 0.1) is 11.3 Å². The summed E-state index contributed by atoms with van der Waals surface area (Å²) in [5, 5.41) is 11.9. The highest BCUT2D eigenvalue weighted by Crippen LogP contribution is 2.24. The van der Waals surface area contributed by atoms with Crippen molar-refractivity contribution in [3.8, 4) is 17.4 Å². The summed E-state index contributed by atoms with van der Waals surface area (Å²) >= 11 is 0. The predicted octanol–water partition coefficient (Wildman–Crippen LogP) is 2.33. The molecule has 0 saturated carbocycles. The first-order valence-electron chi connectivity index (χ1n) is 9.32. The molecule has 1 aromatic heterocycles. The summed E-state index contributed by atoms with van der Waals surface area (Å²) in [5.41, 5.74) is 0.948. The van der Waals surface area contributed by atoms with Crippen LogP contribution in [0.5, 0.6) is 0 Å². The van der Waals surface area contributed by atoms with Crippen molar-refractivity contribution in [1.82, 2.24) is 5.32 Å². The minimum absolute atomic E-state index is 0.0278. The van der Waals surface area contributed by atoms with Crippen LogP contribution in [0.3, 0.4) is 0 Å². The topological polar surface area (TPSA) is 126 Å². The zero-order valence-electron chi connectivity index (χ0n) is 16.3. The van der Waals surface area contributed by atoms with Crippen molar-refractivity contribution in [2.75, 3.05) is 18.1 Å². The van der Waals surface area contributed by atoms with Crippen LogP contribution in [0.4, 0.5) is 0 Å². The molecule has 8 nitrogen and oxygen atoms in total. The lowest BCUT2D eigenvalue weighted by molar-refractivity contribution is -0.117. The van der Waals surface area contributed by atoms with Crippen molar-refractivity contribution in [3.63, 3.8) is 0 Å². The van der Waals surface area contributed by atoms with Crippen LogP contribution in [-0.4, -0.2) is 44.4 Å². The molecule has 0 spiro atoms. The number of furan rings is 1. The monoisotopic (exact) mass is 428 g/mol. The van der Waals surface area contributed by atoms with E-state index in [0.29, 0.717) is 35.7 Å². The Hall–Kier alpha value is -3.38. The Morgan fingerprint density at radius 2 is 2.00 bits per heavy atom. The van der Waals surface area contributed by atoms with E-state index in [9.17, 15) is 23.3 Å². The lowest BCUT2D eigenvalue weighted by Crippen LogP contribution is -2.36. The van der Waals surface area contributed by atoms with E-state index in [1.807, 2.05) is 6.07 Å². The van der Waals surface area contributed by atoms with Gasteiger partial charge < -0.3 is 14.5 Å². The number of hydrogen-bond donors (Lipinski definition) is 1. The van der Waals surface area contributed by atoms with Gasteiger partial charge in [0.2, 0.25) is 0 Å². The number of amides is 1. The molecule has 9 heteroatoms. The number of esters is 1. The van der Waals surface area contributed by atoms with Crippen molar-refractivity contribution in [2.24, 2.45) is 0 Å². The number of ether oxygens (including phenoxy) is 1. The molecule has 0 radical (unpaired) electrons. The zero-order chi connectivity index (χ0) is 21.7. The fraction of sp³-hybridized carbons (Fsp3) is 0.286. The zero-order valence-corrected chi connectivity index (χ0v) is 17.1. The molecule has 1 aliphatic heterocycles. The molecule has 1 fully saturated rings. The van der Waals surface area contributed by atoms with Crippen molar-refractivity contribution < 1.29 is 27.2 Å². The average Bonchev–Trinajstić information content (AvgIpc) is 3.32. The summed E-state index contributed by atoms with van der Waals surface area (Å²) in [5.74, 6) is -0.353. The Kier molecular flexibility index (Phi) is 6.37. The van der Waals surface area contributed by atoms with Crippen LogP contribution in [0.1, 0.15) is 29.5 Å². The molecule has 1 aromatic carbocycles. The Labute approximate surface area is 174 Å². The first-order chi connectivity index (χ1) is 14.3. The third kappa shape index (κ3) is 5.15. The maximum Gasteiger partial charge on any atom is 0.338 e. The predicted molar refractivity (Wildman–Crippen MR) is 109 cm³/mol. The van der Waals surface area contributed by atoms with Crippen LogP contribution >= 0.6 is 0 Å². The summed E-state index contributed by atoms with van der Waals surface area (Å²) < 4.78 is 33.6. The molecule has 1 aliphatic rings. The van der Waals surface area contributed by atoms with E-state index < -0.39 is 27.8 Å². The second kappa shape index (κ2) is 8.97. The molecule has 30 heavy (non-hydrogen) atoms. The van der Waals surface area contributed by atoms with E-state index in [-0.39, 0.29) is 17.1 Å². The summed E-state index contributed by atoms with van der Waals surface area (Å²) in [7, 11) is -3.14. The van der Waals surface area contributed by atoms with Crippen molar-refractivity contribution in [2.45, 2.75) is 19.4 Å². The molecule has 2 aromatic rings. The van der Waals surface area contributed by atoms with Gasteiger partial charge in [-0.3, -0.25) is 4.79 Å². The number of rotatable bonds is 6. The van der Waals surface area contributed by atoms with Gasteiger partial charge in [-0.1, -0.05) is 12.1 Å². The van der Waals surface area contributed by atoms with Gasteiger partial charge in [0.15, 0.2) is 9.84 Å². The SMILES string of the molecule is CCOC(=O)c1ccc(-c2ccc(/C=C(/C#N)C(=O)N[C@H]3CCS(=O)(=O)C3)o2)cc1. The first kappa shape index (κ1) is 21.3. The van der Waals surface area contributed by atoms with E-state index >= 15 is 0 Å². The number of nitrogens with one attached hydrogen (secondary N) is 1. The molecule has 0 bridgehead atoms. The molecular formula is C21H20N2O6S. The van der Waals surface area contributed by atoms with Gasteiger partial charge in [0, 0.05) is 17.7 Å². The molecule has 0 unspecified atom stereocenters. The quantitative estimate of drug-likeness (QED) is 0.425. The highest BCUT2D eigenvalue weighted by atomic mass is 32.2. The van der Waals surface area contributed by atoms with Crippen molar-refractivity contribution >= 4 is 27.8 Å². The highest BCUT2D eigenvalue weighted by molar-refractivity contribution is 7.91. The Balaban J connectivity index is 1.71. The summed E-state index contributed by atoms with van der Waals surface area (Å²) in [6.07, 6.45) is 1.63. The maximum atomic E-state index is 12.3. The Morgan fingerprint density at radius 1 is 1.27 bits per heavy atom. The molecule has 1 atom stereocenters. The molecule has 1 amide bonds. The number of carbonyl (C=O) groups is 2. The van der Waals surface area contributed by atoms with Gasteiger partial charge in [-0.2, -0.15) is 5.26 Å². The molecular weight excluding hydrogens is 408 g/mol. The minimum atomic E-state index is -3.14. The Bertz CT molecular complexity index is 1120. The van der Waals surface area contributed by atoms with E-state index in [0.717, 1.165) is 0 Å². The van der Waals surface area contributed by atoms with Gasteiger partial charge in [0.1, 0.15) is 23.2 Å². The summed E-state index contributed by atoms with van der Waals surface area (Å²) in [4.78, 5) is 24.0. The van der Waals surface area contributed by atoms with Crippen LogP contribution in [0.15, 0.2) is 46.4 Å². The second-order valence-electron chi connectivity index (χ2n) is 6.74. The largest absolute Gasteiger partial charge is 0.462 e. The van der Waals surface area contributed by atoms with E-state index in [1.54, 1.807) is 43.3 Å². The first-order valence-corrected chi connectivity index (χ1v) is 11.1. The van der Waals surface area contributed by atoms with Gasteiger partial charge in [0.25, 0.3) is 5.91 Å². The third-order valence-electron chi connectivity index (χ3n) is 4.53.